The van der Waals surface area contributed by atoms with Crippen LogP contribution in [0.4, 0.5) is 34.1 Å². The molecule has 0 saturated heterocycles. The number of unbranched alkanes of at least 4 members (excludes halogenated alkanes) is 2. The average Bonchev–Trinajstić information content (AvgIpc) is 3.07. The van der Waals surface area contributed by atoms with Crippen molar-refractivity contribution in [3.8, 4) is 11.5 Å². The molecule has 10 heteroatoms. The molecule has 0 saturated carbocycles. The first kappa shape index (κ1) is 32.1. The minimum absolute atomic E-state index is 0.186. The lowest BCUT2D eigenvalue weighted by Gasteiger charge is -2.09. The van der Waals surface area contributed by atoms with Crippen LogP contribution in [0.5, 0.6) is 11.5 Å². The fourth-order valence-electron chi connectivity index (χ4n) is 3.96. The van der Waals surface area contributed by atoms with E-state index < -0.39 is 0 Å². The lowest BCUT2D eigenvalue weighted by molar-refractivity contribution is 0.253. The maximum absolute atomic E-state index is 8.83. The van der Waals surface area contributed by atoms with E-state index in [1.54, 1.807) is 0 Å². The first-order valence-electron chi connectivity index (χ1n) is 14.9. The molecule has 0 fully saturated rings. The molecular formula is C34H40N6O4. The van der Waals surface area contributed by atoms with Crippen LogP contribution >= 0.6 is 0 Å². The summed E-state index contributed by atoms with van der Waals surface area (Å²) in [6.07, 6.45) is 3.13. The molecule has 4 aromatic carbocycles. The van der Waals surface area contributed by atoms with Crippen LogP contribution in [-0.4, -0.2) is 49.7 Å². The van der Waals surface area contributed by atoms with Crippen LogP contribution in [0.25, 0.3) is 0 Å². The topological polar surface area (TPSA) is 132 Å². The van der Waals surface area contributed by atoms with Gasteiger partial charge in [0.05, 0.1) is 36.0 Å². The third kappa shape index (κ3) is 11.8. The van der Waals surface area contributed by atoms with Gasteiger partial charge in [-0.2, -0.15) is 20.5 Å². The van der Waals surface area contributed by atoms with Crippen molar-refractivity contribution in [2.45, 2.75) is 25.7 Å². The van der Waals surface area contributed by atoms with Crippen molar-refractivity contribution in [2.24, 2.45) is 20.5 Å². The van der Waals surface area contributed by atoms with E-state index in [1.165, 1.54) is 0 Å². The number of aliphatic hydroxyl groups excluding tert-OH is 2. The highest BCUT2D eigenvalue weighted by atomic mass is 16.5. The Labute approximate surface area is 258 Å². The molecule has 0 aromatic heterocycles. The largest absolute Gasteiger partial charge is 0.494 e. The van der Waals surface area contributed by atoms with Crippen molar-refractivity contribution in [2.75, 3.05) is 50.2 Å². The first-order valence-corrected chi connectivity index (χ1v) is 14.9. The fraction of sp³-hybridized carbons (Fsp3) is 0.294. The van der Waals surface area contributed by atoms with Crippen LogP contribution in [0.2, 0.25) is 0 Å². The van der Waals surface area contributed by atoms with Gasteiger partial charge in [0.15, 0.2) is 0 Å². The van der Waals surface area contributed by atoms with Gasteiger partial charge in [-0.3, -0.25) is 0 Å². The van der Waals surface area contributed by atoms with Crippen molar-refractivity contribution in [1.82, 2.24) is 0 Å². The van der Waals surface area contributed by atoms with E-state index in [2.05, 4.69) is 31.1 Å². The Morgan fingerprint density at radius 3 is 1.07 bits per heavy atom. The smallest absolute Gasteiger partial charge is 0.119 e. The van der Waals surface area contributed by atoms with Gasteiger partial charge in [0.1, 0.15) is 11.5 Å². The fourth-order valence-corrected chi connectivity index (χ4v) is 3.96. The zero-order valence-corrected chi connectivity index (χ0v) is 24.8. The Balaban J connectivity index is 1.13. The van der Waals surface area contributed by atoms with Crippen LogP contribution in [0.15, 0.2) is 118 Å². The van der Waals surface area contributed by atoms with Gasteiger partial charge < -0.3 is 30.3 Å². The minimum atomic E-state index is 0.186. The van der Waals surface area contributed by atoms with Gasteiger partial charge in [0, 0.05) is 37.7 Å². The number of azo groups is 2. The lowest BCUT2D eigenvalue weighted by atomic mass is 10.2. The van der Waals surface area contributed by atoms with Crippen molar-refractivity contribution in [3.63, 3.8) is 0 Å². The van der Waals surface area contributed by atoms with Crippen LogP contribution in [0.1, 0.15) is 25.7 Å². The quantitative estimate of drug-likeness (QED) is 0.0635. The highest BCUT2D eigenvalue weighted by Crippen LogP contribution is 2.24. The summed E-state index contributed by atoms with van der Waals surface area (Å²) in [6.45, 7) is 3.04. The Bertz CT molecular complexity index is 1300. The Hall–Kier alpha value is -4.80. The number of aliphatic hydroxyl groups is 2. The maximum atomic E-state index is 8.83. The molecule has 0 heterocycles. The zero-order chi connectivity index (χ0) is 30.7. The molecule has 0 spiro atoms. The molecular weight excluding hydrogens is 556 g/mol. The summed E-state index contributed by atoms with van der Waals surface area (Å²) < 4.78 is 11.3. The Morgan fingerprint density at radius 1 is 0.432 bits per heavy atom. The van der Waals surface area contributed by atoms with Crippen LogP contribution in [0.3, 0.4) is 0 Å². The molecule has 10 nitrogen and oxygen atoms in total. The number of hydrogen-bond acceptors (Lipinski definition) is 10. The van der Waals surface area contributed by atoms with Crippen LogP contribution in [-0.2, 0) is 0 Å². The minimum Gasteiger partial charge on any atom is -0.494 e. The van der Waals surface area contributed by atoms with Gasteiger partial charge in [-0.1, -0.05) is 0 Å². The first-order chi connectivity index (χ1) is 21.7. The molecule has 0 bridgehead atoms. The van der Waals surface area contributed by atoms with Crippen molar-refractivity contribution in [1.29, 1.82) is 0 Å². The number of anilines is 2. The van der Waals surface area contributed by atoms with Crippen molar-refractivity contribution in [3.05, 3.63) is 97.1 Å². The summed E-state index contributed by atoms with van der Waals surface area (Å²) in [7, 11) is 0. The summed E-state index contributed by atoms with van der Waals surface area (Å²) in [5.41, 5.74) is 5.05. The van der Waals surface area contributed by atoms with Crippen molar-refractivity contribution >= 4 is 34.1 Å². The highest BCUT2D eigenvalue weighted by molar-refractivity contribution is 5.53. The van der Waals surface area contributed by atoms with E-state index in [0.29, 0.717) is 13.2 Å². The van der Waals surface area contributed by atoms with Crippen molar-refractivity contribution < 1.29 is 19.7 Å². The Kier molecular flexibility index (Phi) is 13.6. The third-order valence-electron chi connectivity index (χ3n) is 6.40. The highest BCUT2D eigenvalue weighted by Gasteiger charge is 1.99. The SMILES string of the molecule is OCCCCOc1ccc(/N=N/c2ccc(NCCNc3ccc(/N=N/c4ccc(OCCCCO)cc4)cc3)cc2)cc1. The number of nitrogens with zero attached hydrogens (tertiary/aromatic N) is 4. The molecule has 0 radical (unpaired) electrons. The predicted molar refractivity (Wildman–Crippen MR) is 175 cm³/mol. The molecule has 230 valence electrons. The van der Waals surface area contributed by atoms with Gasteiger partial charge in [-0.05, 0) is 123 Å². The van der Waals surface area contributed by atoms with Gasteiger partial charge in [-0.25, -0.2) is 0 Å². The van der Waals surface area contributed by atoms with Gasteiger partial charge in [0.2, 0.25) is 0 Å². The molecule has 0 unspecified atom stereocenters. The van der Waals surface area contributed by atoms with Gasteiger partial charge in [-0.15, -0.1) is 0 Å². The van der Waals surface area contributed by atoms with E-state index in [0.717, 1.165) is 84.4 Å². The molecule has 0 atom stereocenters. The summed E-state index contributed by atoms with van der Waals surface area (Å²) in [5, 5.41) is 41.7. The maximum Gasteiger partial charge on any atom is 0.119 e. The molecule has 4 N–H and O–H groups in total. The third-order valence-corrected chi connectivity index (χ3v) is 6.40. The number of ether oxygens (including phenoxy) is 2. The number of rotatable bonds is 19. The second-order valence-corrected chi connectivity index (χ2v) is 9.89. The monoisotopic (exact) mass is 596 g/mol. The lowest BCUT2D eigenvalue weighted by Crippen LogP contribution is -2.13. The summed E-state index contributed by atoms with van der Waals surface area (Å²) in [4.78, 5) is 0. The van der Waals surface area contributed by atoms with E-state index in [9.17, 15) is 0 Å². The van der Waals surface area contributed by atoms with E-state index in [4.69, 9.17) is 19.7 Å². The van der Waals surface area contributed by atoms with E-state index >= 15 is 0 Å². The average molecular weight is 597 g/mol. The predicted octanol–water partition coefficient (Wildman–Crippen LogP) is 8.34. The molecule has 0 amide bonds. The molecule has 44 heavy (non-hydrogen) atoms. The standard InChI is InChI=1S/C34H40N6O4/c41-23-1-3-25-43-33-17-13-31(14-18-33)39-37-29-9-5-27(6-10-29)35-21-22-36-28-7-11-30(12-8-28)38-40-32-15-19-34(20-16-32)44-26-4-2-24-42/h5-20,35-36,41-42H,1-4,21-26H2/b39-37+,40-38+. The second kappa shape index (κ2) is 18.7. The zero-order valence-electron chi connectivity index (χ0n) is 24.8. The molecule has 4 aromatic rings. The number of nitrogens with one attached hydrogen (secondary N) is 2. The normalized spacial score (nSPS) is 11.2. The number of hydrogen-bond donors (Lipinski definition) is 4. The second-order valence-electron chi connectivity index (χ2n) is 9.89. The van der Waals surface area contributed by atoms with Gasteiger partial charge >= 0.3 is 0 Å². The summed E-state index contributed by atoms with van der Waals surface area (Å²) in [6, 6.07) is 30.6. The van der Waals surface area contributed by atoms with Crippen LogP contribution in [0, 0.1) is 0 Å². The van der Waals surface area contributed by atoms with Crippen LogP contribution < -0.4 is 20.1 Å². The van der Waals surface area contributed by atoms with E-state index in [-0.39, 0.29) is 13.2 Å². The molecule has 4 rings (SSSR count). The van der Waals surface area contributed by atoms with Gasteiger partial charge in [0.25, 0.3) is 0 Å². The Morgan fingerprint density at radius 2 is 0.750 bits per heavy atom. The number of benzene rings is 4. The molecule has 0 aliphatic carbocycles. The molecule has 0 aliphatic rings. The van der Waals surface area contributed by atoms with E-state index in [1.807, 2.05) is 97.1 Å². The summed E-state index contributed by atoms with van der Waals surface area (Å²) >= 11 is 0. The summed E-state index contributed by atoms with van der Waals surface area (Å²) in [5.74, 6) is 1.56. The molecule has 0 aliphatic heterocycles.